The maximum atomic E-state index is 4.54. The van der Waals surface area contributed by atoms with Gasteiger partial charge in [0.15, 0.2) is 0 Å². The van der Waals surface area contributed by atoms with Crippen molar-refractivity contribution in [2.75, 3.05) is 0 Å². The lowest BCUT2D eigenvalue weighted by molar-refractivity contribution is 0.503. The highest BCUT2D eigenvalue weighted by molar-refractivity contribution is 5.63. The first kappa shape index (κ1) is 14.7. The molecule has 0 fully saturated rings. The summed E-state index contributed by atoms with van der Waals surface area (Å²) in [7, 11) is 0. The quantitative estimate of drug-likeness (QED) is 0.859. The number of rotatable bonds is 1. The Bertz CT molecular complexity index is 599. The Morgan fingerprint density at radius 1 is 0.950 bits per heavy atom. The molecule has 0 bridgehead atoms. The van der Waals surface area contributed by atoms with Crippen molar-refractivity contribution in [2.45, 2.75) is 59.3 Å². The summed E-state index contributed by atoms with van der Waals surface area (Å²) in [6, 6.07) is 0. The lowest BCUT2D eigenvalue weighted by Crippen LogP contribution is -2.26. The molecule has 0 saturated heterocycles. The minimum absolute atomic E-state index is 0.0186. The van der Waals surface area contributed by atoms with Crippen LogP contribution in [0.4, 0.5) is 0 Å². The van der Waals surface area contributed by atoms with Crippen LogP contribution in [0.2, 0.25) is 0 Å². The summed E-state index contributed by atoms with van der Waals surface area (Å²) in [5.74, 6) is 0. The van der Waals surface area contributed by atoms with Gasteiger partial charge in [0.2, 0.25) is 0 Å². The molecule has 0 radical (unpaired) electrons. The van der Waals surface area contributed by atoms with E-state index in [4.69, 9.17) is 0 Å². The highest BCUT2D eigenvalue weighted by atomic mass is 15.1. The van der Waals surface area contributed by atoms with Gasteiger partial charge in [0.1, 0.15) is 0 Å². The Hall–Kier alpha value is -1.71. The number of aromatic nitrogens is 4. The summed E-state index contributed by atoms with van der Waals surface area (Å²) in [4.78, 5) is 0. The zero-order valence-corrected chi connectivity index (χ0v) is 13.5. The van der Waals surface area contributed by atoms with Crippen molar-refractivity contribution in [1.29, 1.82) is 0 Å². The average molecular weight is 272 g/mol. The second kappa shape index (κ2) is 4.69. The first-order valence-electron chi connectivity index (χ1n) is 7.00. The first-order valence-corrected chi connectivity index (χ1v) is 7.00. The molecule has 0 aliphatic heterocycles. The molecular formula is C16H24N4. The third-order valence-corrected chi connectivity index (χ3v) is 3.45. The number of nitrogens with zero attached hydrogens (tertiary/aromatic N) is 3. The van der Waals surface area contributed by atoms with Gasteiger partial charge in [0, 0.05) is 17.2 Å². The molecule has 0 aliphatic carbocycles. The molecule has 2 aromatic rings. The topological polar surface area (TPSA) is 54.5 Å². The van der Waals surface area contributed by atoms with Crippen LogP contribution in [0, 0.1) is 6.92 Å². The summed E-state index contributed by atoms with van der Waals surface area (Å²) >= 11 is 0. The van der Waals surface area contributed by atoms with E-state index in [0.29, 0.717) is 0 Å². The lowest BCUT2D eigenvalue weighted by atomic mass is 9.76. The third-order valence-electron chi connectivity index (χ3n) is 3.45. The Balaban J connectivity index is 2.75. The molecule has 0 aromatic carbocycles. The van der Waals surface area contributed by atoms with Gasteiger partial charge in [0.25, 0.3) is 0 Å². The molecule has 108 valence electrons. The molecule has 0 aliphatic rings. The highest BCUT2D eigenvalue weighted by Crippen LogP contribution is 2.37. The SMILES string of the molecule is Cc1c(-c2cn[nH]c2)nnc(C(C)(C)C)c1C(C)(C)C. The maximum absolute atomic E-state index is 4.54. The predicted molar refractivity (Wildman–Crippen MR) is 81.8 cm³/mol. The summed E-state index contributed by atoms with van der Waals surface area (Å²) < 4.78 is 0. The molecule has 2 aromatic heterocycles. The molecule has 1 N–H and O–H groups in total. The summed E-state index contributed by atoms with van der Waals surface area (Å²) in [5.41, 5.74) is 5.47. The highest BCUT2D eigenvalue weighted by Gasteiger charge is 2.30. The van der Waals surface area contributed by atoms with Crippen LogP contribution >= 0.6 is 0 Å². The van der Waals surface area contributed by atoms with Crippen LogP contribution < -0.4 is 0 Å². The van der Waals surface area contributed by atoms with Gasteiger partial charge in [-0.05, 0) is 23.5 Å². The van der Waals surface area contributed by atoms with Crippen molar-refractivity contribution in [3.8, 4) is 11.3 Å². The van der Waals surface area contributed by atoms with Gasteiger partial charge in [-0.3, -0.25) is 5.10 Å². The maximum Gasteiger partial charge on any atom is 0.0993 e. The van der Waals surface area contributed by atoms with Gasteiger partial charge >= 0.3 is 0 Å². The van der Waals surface area contributed by atoms with Gasteiger partial charge < -0.3 is 0 Å². The molecule has 0 amide bonds. The fraction of sp³-hybridized carbons (Fsp3) is 0.562. The van der Waals surface area contributed by atoms with Crippen LogP contribution in [-0.4, -0.2) is 20.4 Å². The lowest BCUT2D eigenvalue weighted by Gasteiger charge is -2.30. The van der Waals surface area contributed by atoms with E-state index in [2.05, 4.69) is 68.9 Å². The van der Waals surface area contributed by atoms with Crippen molar-refractivity contribution < 1.29 is 0 Å². The van der Waals surface area contributed by atoms with Crippen LogP contribution in [0.1, 0.15) is 58.4 Å². The molecule has 0 saturated carbocycles. The molecule has 2 rings (SSSR count). The normalized spacial score (nSPS) is 12.8. The molecule has 4 nitrogen and oxygen atoms in total. The predicted octanol–water partition coefficient (Wildman–Crippen LogP) is 3.77. The number of H-pyrrole nitrogens is 1. The number of aromatic amines is 1. The van der Waals surface area contributed by atoms with E-state index < -0.39 is 0 Å². The van der Waals surface area contributed by atoms with Crippen LogP contribution in [0.15, 0.2) is 12.4 Å². The average Bonchev–Trinajstić information content (AvgIpc) is 2.78. The van der Waals surface area contributed by atoms with Crippen molar-refractivity contribution in [3.63, 3.8) is 0 Å². The van der Waals surface area contributed by atoms with E-state index in [1.807, 2.05) is 6.20 Å². The summed E-state index contributed by atoms with van der Waals surface area (Å²) in [6.07, 6.45) is 3.65. The van der Waals surface area contributed by atoms with Crippen molar-refractivity contribution >= 4 is 0 Å². The van der Waals surface area contributed by atoms with Crippen molar-refractivity contribution in [1.82, 2.24) is 20.4 Å². The molecule has 20 heavy (non-hydrogen) atoms. The molecule has 0 unspecified atom stereocenters. The zero-order chi connectivity index (χ0) is 15.1. The molecule has 0 spiro atoms. The van der Waals surface area contributed by atoms with Crippen LogP contribution in [0.5, 0.6) is 0 Å². The number of hydrogen-bond acceptors (Lipinski definition) is 3. The minimum atomic E-state index is -0.0186. The van der Waals surface area contributed by atoms with E-state index in [9.17, 15) is 0 Å². The summed E-state index contributed by atoms with van der Waals surface area (Å²) in [5, 5.41) is 15.8. The number of nitrogens with one attached hydrogen (secondary N) is 1. The third kappa shape index (κ3) is 2.60. The molecule has 2 heterocycles. The largest absolute Gasteiger partial charge is 0.285 e. The van der Waals surface area contributed by atoms with Crippen LogP contribution in [-0.2, 0) is 10.8 Å². The summed E-state index contributed by atoms with van der Waals surface area (Å²) in [6.45, 7) is 15.4. The van der Waals surface area contributed by atoms with E-state index in [1.54, 1.807) is 6.20 Å². The van der Waals surface area contributed by atoms with Crippen LogP contribution in [0.3, 0.4) is 0 Å². The van der Waals surface area contributed by atoms with Gasteiger partial charge in [0.05, 0.1) is 17.6 Å². The molecule has 0 atom stereocenters. The fourth-order valence-corrected chi connectivity index (χ4v) is 2.62. The molecular weight excluding hydrogens is 248 g/mol. The smallest absolute Gasteiger partial charge is 0.0993 e. The van der Waals surface area contributed by atoms with E-state index in [0.717, 1.165) is 17.0 Å². The molecule has 4 heteroatoms. The Kier molecular flexibility index (Phi) is 3.44. The number of hydrogen-bond donors (Lipinski definition) is 1. The van der Waals surface area contributed by atoms with Crippen molar-refractivity contribution in [3.05, 3.63) is 29.2 Å². The van der Waals surface area contributed by atoms with Gasteiger partial charge in [-0.15, -0.1) is 5.10 Å². The van der Waals surface area contributed by atoms with E-state index >= 15 is 0 Å². The fourth-order valence-electron chi connectivity index (χ4n) is 2.62. The Labute approximate surface area is 121 Å². The zero-order valence-electron chi connectivity index (χ0n) is 13.5. The monoisotopic (exact) mass is 272 g/mol. The standard InChI is InChI=1S/C16H24N4/c1-10-12(15(2,3)4)14(16(5,6)7)20-19-13(10)11-8-17-18-9-11/h8-9H,1-7H3,(H,17,18). The van der Waals surface area contributed by atoms with Gasteiger partial charge in [-0.2, -0.15) is 10.2 Å². The van der Waals surface area contributed by atoms with Crippen LogP contribution in [0.25, 0.3) is 11.3 Å². The Morgan fingerprint density at radius 2 is 1.60 bits per heavy atom. The van der Waals surface area contributed by atoms with Gasteiger partial charge in [-0.1, -0.05) is 41.5 Å². The second-order valence-electron chi connectivity index (χ2n) is 7.38. The first-order chi connectivity index (χ1) is 9.12. The van der Waals surface area contributed by atoms with Crippen molar-refractivity contribution in [2.24, 2.45) is 0 Å². The Morgan fingerprint density at radius 3 is 2.05 bits per heavy atom. The van der Waals surface area contributed by atoms with E-state index in [-0.39, 0.29) is 10.8 Å². The second-order valence-corrected chi connectivity index (χ2v) is 7.38. The van der Waals surface area contributed by atoms with Gasteiger partial charge in [-0.25, -0.2) is 0 Å². The van der Waals surface area contributed by atoms with E-state index in [1.165, 1.54) is 11.1 Å². The minimum Gasteiger partial charge on any atom is -0.285 e.